The van der Waals surface area contributed by atoms with Crippen molar-refractivity contribution in [1.29, 1.82) is 0 Å². The third-order valence-corrected chi connectivity index (χ3v) is 5.64. The molecule has 2 aromatic carbocycles. The molecular formula is C18H16ClN5O2S2. The highest BCUT2D eigenvalue weighted by Gasteiger charge is 2.06. The molecule has 0 aliphatic heterocycles. The summed E-state index contributed by atoms with van der Waals surface area (Å²) in [6.45, 7) is 0.390. The summed E-state index contributed by atoms with van der Waals surface area (Å²) in [7, 11) is 0. The molecule has 3 N–H and O–H groups in total. The molecule has 1 heterocycles. The molecule has 0 bridgehead atoms. The van der Waals surface area contributed by atoms with Crippen LogP contribution in [0.1, 0.15) is 11.1 Å². The van der Waals surface area contributed by atoms with Gasteiger partial charge in [-0.25, -0.2) is 5.43 Å². The van der Waals surface area contributed by atoms with Crippen molar-refractivity contribution in [1.82, 2.24) is 15.6 Å². The Morgan fingerprint density at radius 2 is 2.04 bits per heavy atom. The first-order chi connectivity index (χ1) is 13.6. The van der Waals surface area contributed by atoms with Gasteiger partial charge >= 0.3 is 0 Å². The summed E-state index contributed by atoms with van der Waals surface area (Å²) >= 11 is 8.60. The van der Waals surface area contributed by atoms with Crippen LogP contribution in [0.15, 0.2) is 58.0 Å². The number of anilines is 1. The number of halogens is 1. The normalized spacial score (nSPS) is 10.9. The van der Waals surface area contributed by atoms with Crippen LogP contribution >= 0.6 is 34.7 Å². The molecule has 0 saturated heterocycles. The average Bonchev–Trinajstić information content (AvgIpc) is 3.12. The van der Waals surface area contributed by atoms with E-state index in [1.807, 2.05) is 48.5 Å². The Kier molecular flexibility index (Phi) is 7.24. The number of hydrogen-bond donors (Lipinski definition) is 2. The summed E-state index contributed by atoms with van der Waals surface area (Å²) in [4.78, 5) is 11.8. The summed E-state index contributed by atoms with van der Waals surface area (Å²) in [6, 6.07) is 14.9. The number of nitrogens with two attached hydrogens (primary N) is 1. The van der Waals surface area contributed by atoms with Gasteiger partial charge in [0.1, 0.15) is 12.4 Å². The minimum absolute atomic E-state index is 0.181. The molecule has 10 heteroatoms. The highest BCUT2D eigenvalue weighted by molar-refractivity contribution is 8.01. The summed E-state index contributed by atoms with van der Waals surface area (Å²) in [5.41, 5.74) is 9.70. The molecule has 28 heavy (non-hydrogen) atoms. The van der Waals surface area contributed by atoms with Crippen molar-refractivity contribution in [3.8, 4) is 5.75 Å². The van der Waals surface area contributed by atoms with E-state index in [2.05, 4.69) is 20.7 Å². The van der Waals surface area contributed by atoms with Crippen LogP contribution in [0, 0.1) is 0 Å². The average molecular weight is 434 g/mol. The van der Waals surface area contributed by atoms with Crippen molar-refractivity contribution in [2.75, 3.05) is 11.5 Å². The number of benzene rings is 2. The van der Waals surface area contributed by atoms with Crippen molar-refractivity contribution in [3.05, 3.63) is 64.7 Å². The van der Waals surface area contributed by atoms with Crippen LogP contribution in [-0.4, -0.2) is 28.1 Å². The number of thioether (sulfide) groups is 1. The molecule has 0 aliphatic rings. The van der Waals surface area contributed by atoms with E-state index in [1.165, 1.54) is 23.1 Å². The molecule has 1 amide bonds. The predicted octanol–water partition coefficient (Wildman–Crippen LogP) is 3.60. The summed E-state index contributed by atoms with van der Waals surface area (Å²) in [5.74, 6) is 0.657. The Labute approximate surface area is 175 Å². The standard InChI is InChI=1S/C18H16ClN5O2S2/c19-15-4-2-1-3-13(15)10-26-14-7-5-12(6-8-14)9-21-22-16(25)11-27-18-24-23-17(20)28-18/h1-9H,10-11H2,(H2,20,23)(H,22,25). The molecule has 0 aliphatic carbocycles. The smallest absolute Gasteiger partial charge is 0.250 e. The third-order valence-electron chi connectivity index (χ3n) is 3.38. The van der Waals surface area contributed by atoms with Gasteiger partial charge in [-0.15, -0.1) is 10.2 Å². The fraction of sp³-hybridized carbons (Fsp3) is 0.111. The zero-order chi connectivity index (χ0) is 19.8. The highest BCUT2D eigenvalue weighted by Crippen LogP contribution is 2.23. The van der Waals surface area contributed by atoms with E-state index in [1.54, 1.807) is 6.21 Å². The molecule has 3 aromatic rings. The van der Waals surface area contributed by atoms with E-state index in [9.17, 15) is 4.79 Å². The SMILES string of the molecule is Nc1nnc(SCC(=O)NN=Cc2ccc(OCc3ccccc3Cl)cc2)s1. The van der Waals surface area contributed by atoms with Gasteiger partial charge in [0.2, 0.25) is 5.13 Å². The first-order valence-corrected chi connectivity index (χ1v) is 10.3. The lowest BCUT2D eigenvalue weighted by molar-refractivity contribution is -0.118. The predicted molar refractivity (Wildman–Crippen MR) is 113 cm³/mol. The number of nitrogen functional groups attached to an aromatic ring is 1. The van der Waals surface area contributed by atoms with Gasteiger partial charge in [-0.1, -0.05) is 52.9 Å². The Hall–Kier alpha value is -2.62. The van der Waals surface area contributed by atoms with Crippen LogP contribution in [0.2, 0.25) is 5.02 Å². The van der Waals surface area contributed by atoms with Crippen LogP contribution in [0.3, 0.4) is 0 Å². The lowest BCUT2D eigenvalue weighted by Crippen LogP contribution is -2.19. The van der Waals surface area contributed by atoms with Crippen molar-refractivity contribution >= 4 is 52.0 Å². The molecule has 0 radical (unpaired) electrons. The number of ether oxygens (including phenoxy) is 1. The van der Waals surface area contributed by atoms with E-state index in [-0.39, 0.29) is 11.7 Å². The number of aromatic nitrogens is 2. The number of amides is 1. The van der Waals surface area contributed by atoms with Gasteiger partial charge in [0.15, 0.2) is 4.34 Å². The van der Waals surface area contributed by atoms with E-state index >= 15 is 0 Å². The number of hydrazone groups is 1. The monoisotopic (exact) mass is 433 g/mol. The van der Waals surface area contributed by atoms with E-state index < -0.39 is 0 Å². The van der Waals surface area contributed by atoms with Crippen LogP contribution in [0.25, 0.3) is 0 Å². The molecule has 144 valence electrons. The van der Waals surface area contributed by atoms with Crippen molar-refractivity contribution in [2.24, 2.45) is 5.10 Å². The Bertz CT molecular complexity index is 963. The maximum atomic E-state index is 11.8. The van der Waals surface area contributed by atoms with Crippen molar-refractivity contribution < 1.29 is 9.53 Å². The molecule has 3 rings (SSSR count). The van der Waals surface area contributed by atoms with E-state index in [4.69, 9.17) is 22.1 Å². The summed E-state index contributed by atoms with van der Waals surface area (Å²) in [6.07, 6.45) is 1.56. The lowest BCUT2D eigenvalue weighted by Gasteiger charge is -2.07. The Morgan fingerprint density at radius 3 is 2.75 bits per heavy atom. The topological polar surface area (TPSA) is 102 Å². The molecule has 0 atom stereocenters. The van der Waals surface area contributed by atoms with Crippen LogP contribution in [-0.2, 0) is 11.4 Å². The van der Waals surface area contributed by atoms with Crippen molar-refractivity contribution in [2.45, 2.75) is 10.9 Å². The largest absolute Gasteiger partial charge is 0.489 e. The number of nitrogens with zero attached hydrogens (tertiary/aromatic N) is 3. The Balaban J connectivity index is 1.43. The second-order valence-corrected chi connectivity index (χ2v) is 8.08. The molecule has 0 unspecified atom stereocenters. The number of hydrogen-bond acceptors (Lipinski definition) is 8. The zero-order valence-electron chi connectivity index (χ0n) is 14.5. The lowest BCUT2D eigenvalue weighted by atomic mass is 10.2. The van der Waals surface area contributed by atoms with Crippen molar-refractivity contribution in [3.63, 3.8) is 0 Å². The van der Waals surface area contributed by atoms with Gasteiger partial charge in [0.25, 0.3) is 5.91 Å². The number of carbonyl (C=O) groups is 1. The molecule has 0 spiro atoms. The van der Waals surface area contributed by atoms with Gasteiger partial charge in [-0.3, -0.25) is 4.79 Å². The van der Waals surface area contributed by atoms with Crippen LogP contribution in [0.5, 0.6) is 5.75 Å². The molecule has 7 nitrogen and oxygen atoms in total. The number of rotatable bonds is 8. The molecule has 0 saturated carbocycles. The Morgan fingerprint density at radius 1 is 1.25 bits per heavy atom. The summed E-state index contributed by atoms with van der Waals surface area (Å²) < 4.78 is 6.37. The maximum Gasteiger partial charge on any atom is 0.250 e. The van der Waals surface area contributed by atoms with Gasteiger partial charge in [0.05, 0.1) is 12.0 Å². The van der Waals surface area contributed by atoms with Gasteiger partial charge < -0.3 is 10.5 Å². The second-order valence-electron chi connectivity index (χ2n) is 5.44. The molecule has 0 fully saturated rings. The van der Waals surface area contributed by atoms with Gasteiger partial charge in [-0.05, 0) is 35.9 Å². The number of nitrogens with one attached hydrogen (secondary N) is 1. The van der Waals surface area contributed by atoms with E-state index in [0.29, 0.717) is 26.9 Å². The molecule has 1 aromatic heterocycles. The van der Waals surface area contributed by atoms with Crippen LogP contribution in [0.4, 0.5) is 5.13 Å². The minimum Gasteiger partial charge on any atom is -0.489 e. The quantitative estimate of drug-likeness (QED) is 0.319. The first-order valence-electron chi connectivity index (χ1n) is 8.10. The molecular weight excluding hydrogens is 418 g/mol. The second kappa shape index (κ2) is 10.1. The van der Waals surface area contributed by atoms with Gasteiger partial charge in [0, 0.05) is 10.6 Å². The summed E-state index contributed by atoms with van der Waals surface area (Å²) in [5, 5.41) is 12.5. The fourth-order valence-electron chi connectivity index (χ4n) is 2.04. The van der Waals surface area contributed by atoms with E-state index in [0.717, 1.165) is 11.1 Å². The third kappa shape index (κ3) is 6.22. The fourth-order valence-corrected chi connectivity index (χ4v) is 3.66. The zero-order valence-corrected chi connectivity index (χ0v) is 16.9. The first kappa shape index (κ1) is 20.1. The maximum absolute atomic E-state index is 11.8. The minimum atomic E-state index is -0.241. The highest BCUT2D eigenvalue weighted by atomic mass is 35.5. The number of carbonyl (C=O) groups excluding carboxylic acids is 1. The van der Waals surface area contributed by atoms with Gasteiger partial charge in [-0.2, -0.15) is 5.10 Å². The van der Waals surface area contributed by atoms with Crippen LogP contribution < -0.4 is 15.9 Å².